The lowest BCUT2D eigenvalue weighted by molar-refractivity contribution is 0.150. The molecular weight excluding hydrogens is 344 g/mol. The van der Waals surface area contributed by atoms with Crippen LogP contribution in [0.5, 0.6) is 0 Å². The lowest BCUT2D eigenvalue weighted by Crippen LogP contribution is -2.45. The second kappa shape index (κ2) is 6.27. The third-order valence-corrected chi connectivity index (χ3v) is 4.82. The number of amidine groups is 1. The molecule has 1 aliphatic rings. The van der Waals surface area contributed by atoms with Gasteiger partial charge in [0.05, 0.1) is 4.47 Å². The highest BCUT2D eigenvalue weighted by atomic mass is 79.9. The summed E-state index contributed by atoms with van der Waals surface area (Å²) < 4.78 is 28.0. The van der Waals surface area contributed by atoms with Gasteiger partial charge in [0.25, 0.3) is 0 Å². The highest BCUT2D eigenvalue weighted by molar-refractivity contribution is 9.10. The molecule has 0 amide bonds. The van der Waals surface area contributed by atoms with Crippen LogP contribution in [0.25, 0.3) is 0 Å². The van der Waals surface area contributed by atoms with Gasteiger partial charge in [-0.1, -0.05) is 12.1 Å². The third-order valence-electron chi connectivity index (χ3n) is 4.21. The summed E-state index contributed by atoms with van der Waals surface area (Å²) in [4.78, 5) is 1.97. The van der Waals surface area contributed by atoms with Gasteiger partial charge >= 0.3 is 0 Å². The Morgan fingerprint density at radius 2 is 2.05 bits per heavy atom. The number of likely N-dealkylation sites (tertiary alicyclic amines) is 1. The predicted octanol–water partition coefficient (Wildman–Crippen LogP) is 3.08. The summed E-state index contributed by atoms with van der Waals surface area (Å²) in [6.45, 7) is 3.42. The van der Waals surface area contributed by atoms with Gasteiger partial charge in [0.15, 0.2) is 0 Å². The quantitative estimate of drug-likeness (QED) is 0.286. The van der Waals surface area contributed by atoms with Crippen LogP contribution in [-0.2, 0) is 6.54 Å². The summed E-state index contributed by atoms with van der Waals surface area (Å²) in [6, 6.07) is 2.62. The normalized spacial score (nSPS) is 19.7. The molecule has 4 nitrogen and oxygen atoms in total. The van der Waals surface area contributed by atoms with E-state index in [4.69, 9.17) is 10.9 Å². The van der Waals surface area contributed by atoms with Gasteiger partial charge < -0.3 is 10.9 Å². The van der Waals surface area contributed by atoms with Crippen LogP contribution < -0.4 is 5.73 Å². The molecule has 1 aliphatic heterocycles. The molecular formula is C14H18BrF2N3O. The van der Waals surface area contributed by atoms with E-state index in [-0.39, 0.29) is 27.8 Å². The molecule has 116 valence electrons. The van der Waals surface area contributed by atoms with Crippen molar-refractivity contribution in [2.24, 2.45) is 16.3 Å². The molecule has 1 aromatic carbocycles. The van der Waals surface area contributed by atoms with Gasteiger partial charge in [0.1, 0.15) is 17.5 Å². The Hall–Kier alpha value is -1.21. The number of hydrogen-bond donors (Lipinski definition) is 2. The van der Waals surface area contributed by atoms with Crippen LogP contribution in [0.1, 0.15) is 25.3 Å². The Kier molecular flexibility index (Phi) is 4.83. The Morgan fingerprint density at radius 3 is 2.62 bits per heavy atom. The first-order chi connectivity index (χ1) is 9.87. The molecule has 0 aromatic heterocycles. The Balaban J connectivity index is 2.07. The van der Waals surface area contributed by atoms with Crippen LogP contribution in [0.2, 0.25) is 0 Å². The van der Waals surface area contributed by atoms with E-state index >= 15 is 0 Å². The van der Waals surface area contributed by atoms with Crippen molar-refractivity contribution in [2.45, 2.75) is 26.3 Å². The lowest BCUT2D eigenvalue weighted by Gasteiger charge is -2.38. The zero-order chi connectivity index (χ0) is 15.6. The molecule has 0 aliphatic carbocycles. The molecule has 3 N–H and O–H groups in total. The minimum atomic E-state index is -0.556. The van der Waals surface area contributed by atoms with E-state index in [9.17, 15) is 8.78 Å². The van der Waals surface area contributed by atoms with Crippen LogP contribution in [0.4, 0.5) is 8.78 Å². The second-order valence-electron chi connectivity index (χ2n) is 5.64. The maximum atomic E-state index is 14.0. The van der Waals surface area contributed by atoms with E-state index in [2.05, 4.69) is 21.1 Å². The topological polar surface area (TPSA) is 61.9 Å². The summed E-state index contributed by atoms with van der Waals surface area (Å²) in [5, 5.41) is 11.9. The average Bonchev–Trinajstić information content (AvgIpc) is 2.48. The lowest BCUT2D eigenvalue weighted by atomic mass is 9.79. The van der Waals surface area contributed by atoms with E-state index in [1.165, 1.54) is 12.1 Å². The molecule has 7 heteroatoms. The van der Waals surface area contributed by atoms with Gasteiger partial charge in [-0.3, -0.25) is 4.90 Å². The highest BCUT2D eigenvalue weighted by Gasteiger charge is 2.34. The van der Waals surface area contributed by atoms with E-state index in [0.29, 0.717) is 25.9 Å². The highest BCUT2D eigenvalue weighted by Crippen LogP contribution is 2.32. The van der Waals surface area contributed by atoms with Crippen molar-refractivity contribution in [3.8, 4) is 0 Å². The van der Waals surface area contributed by atoms with Gasteiger partial charge in [-0.2, -0.15) is 0 Å². The number of nitrogens with zero attached hydrogens (tertiary/aromatic N) is 2. The average molecular weight is 362 g/mol. The number of halogens is 3. The molecule has 0 bridgehead atoms. The fraction of sp³-hybridized carbons (Fsp3) is 0.500. The van der Waals surface area contributed by atoms with E-state index < -0.39 is 11.6 Å². The molecule has 21 heavy (non-hydrogen) atoms. The van der Waals surface area contributed by atoms with Crippen molar-refractivity contribution < 1.29 is 14.0 Å². The summed E-state index contributed by atoms with van der Waals surface area (Å²) in [7, 11) is 0. The second-order valence-corrected chi connectivity index (χ2v) is 6.50. The maximum Gasteiger partial charge on any atom is 0.145 e. The van der Waals surface area contributed by atoms with Gasteiger partial charge in [0.2, 0.25) is 0 Å². The first-order valence-electron chi connectivity index (χ1n) is 6.70. The predicted molar refractivity (Wildman–Crippen MR) is 80.1 cm³/mol. The van der Waals surface area contributed by atoms with Gasteiger partial charge in [-0.15, -0.1) is 0 Å². The third kappa shape index (κ3) is 3.35. The van der Waals surface area contributed by atoms with Gasteiger partial charge in [0, 0.05) is 17.5 Å². The summed E-state index contributed by atoms with van der Waals surface area (Å²) in [5.41, 5.74) is 5.41. The molecule has 2 rings (SSSR count). The fourth-order valence-electron chi connectivity index (χ4n) is 2.52. The Labute approximate surface area is 130 Å². The minimum Gasteiger partial charge on any atom is -0.409 e. The van der Waals surface area contributed by atoms with Crippen LogP contribution in [0.15, 0.2) is 21.8 Å². The zero-order valence-electron chi connectivity index (χ0n) is 11.7. The summed E-state index contributed by atoms with van der Waals surface area (Å²) >= 11 is 3.07. The number of rotatable bonds is 3. The zero-order valence-corrected chi connectivity index (χ0v) is 13.3. The van der Waals surface area contributed by atoms with Crippen molar-refractivity contribution in [3.63, 3.8) is 0 Å². The number of nitrogens with two attached hydrogens (primary N) is 1. The largest absolute Gasteiger partial charge is 0.409 e. The molecule has 0 atom stereocenters. The molecule has 0 saturated carbocycles. The molecule has 1 heterocycles. The standard InChI is InChI=1S/C14H18BrF2N3O/c1-14(13(18)19-21)4-6-20(7-5-14)8-9-11(16)3-2-10(15)12(9)17/h2-3,21H,4-8H2,1H3,(H2,18,19). The first-order valence-corrected chi connectivity index (χ1v) is 7.49. The van der Waals surface area contributed by atoms with Crippen LogP contribution in [0, 0.1) is 17.0 Å². The molecule has 0 spiro atoms. The minimum absolute atomic E-state index is 0.0665. The Morgan fingerprint density at radius 1 is 1.43 bits per heavy atom. The number of benzene rings is 1. The van der Waals surface area contributed by atoms with Gasteiger partial charge in [-0.05, 0) is 54.0 Å². The summed E-state index contributed by atoms with van der Waals surface area (Å²) in [5.74, 6) is -0.887. The van der Waals surface area contributed by atoms with Crippen LogP contribution in [-0.4, -0.2) is 29.0 Å². The molecule has 0 unspecified atom stereocenters. The molecule has 1 saturated heterocycles. The van der Waals surface area contributed by atoms with Crippen molar-refractivity contribution in [2.75, 3.05) is 13.1 Å². The van der Waals surface area contributed by atoms with Crippen molar-refractivity contribution in [1.82, 2.24) is 4.90 Å². The number of oxime groups is 1. The van der Waals surface area contributed by atoms with Crippen LogP contribution in [0.3, 0.4) is 0 Å². The molecule has 1 fully saturated rings. The molecule has 1 aromatic rings. The number of hydrogen-bond acceptors (Lipinski definition) is 3. The number of piperidine rings is 1. The van der Waals surface area contributed by atoms with E-state index in [0.717, 1.165) is 0 Å². The first kappa shape index (κ1) is 16.2. The Bertz CT molecular complexity index is 557. The monoisotopic (exact) mass is 361 g/mol. The SMILES string of the molecule is CC1(/C(N)=N/O)CCN(Cc2c(F)ccc(Br)c2F)CC1. The van der Waals surface area contributed by atoms with Crippen LogP contribution >= 0.6 is 15.9 Å². The van der Waals surface area contributed by atoms with Crippen molar-refractivity contribution in [1.29, 1.82) is 0 Å². The van der Waals surface area contributed by atoms with Crippen molar-refractivity contribution in [3.05, 3.63) is 33.8 Å². The fourth-order valence-corrected chi connectivity index (χ4v) is 2.89. The molecule has 0 radical (unpaired) electrons. The smallest absolute Gasteiger partial charge is 0.145 e. The van der Waals surface area contributed by atoms with E-state index in [1.54, 1.807) is 0 Å². The van der Waals surface area contributed by atoms with Crippen molar-refractivity contribution >= 4 is 21.8 Å². The maximum absolute atomic E-state index is 14.0. The van der Waals surface area contributed by atoms with Gasteiger partial charge in [-0.25, -0.2) is 8.78 Å². The van der Waals surface area contributed by atoms with E-state index in [1.807, 2.05) is 11.8 Å². The summed E-state index contributed by atoms with van der Waals surface area (Å²) in [6.07, 6.45) is 1.36.